The number of fused-ring (bicyclic) bond motifs is 3. The highest BCUT2D eigenvalue weighted by Crippen LogP contribution is 2.51. The van der Waals surface area contributed by atoms with Crippen LogP contribution in [-0.4, -0.2) is 51.6 Å². The zero-order chi connectivity index (χ0) is 23.9. The number of aromatic hydroxyl groups is 1. The molecule has 4 atom stereocenters. The van der Waals surface area contributed by atoms with Crippen LogP contribution in [0.5, 0.6) is 5.75 Å². The summed E-state index contributed by atoms with van der Waals surface area (Å²) in [6.45, 7) is 2.08. The van der Waals surface area contributed by atoms with Crippen molar-refractivity contribution in [3.63, 3.8) is 0 Å². The summed E-state index contributed by atoms with van der Waals surface area (Å²) in [5.41, 5.74) is 1.89. The second-order valence-corrected chi connectivity index (χ2v) is 9.13. The first kappa shape index (κ1) is 23.4. The summed E-state index contributed by atoms with van der Waals surface area (Å²) in [6.07, 6.45) is 1.67. The molecule has 2 amide bonds. The van der Waals surface area contributed by atoms with Crippen molar-refractivity contribution in [3.05, 3.63) is 40.6 Å². The number of allylic oxidation sites excluding steroid dienone is 2. The van der Waals surface area contributed by atoms with Gasteiger partial charge in [0.25, 0.3) is 0 Å². The lowest BCUT2D eigenvalue weighted by Crippen LogP contribution is -2.44. The summed E-state index contributed by atoms with van der Waals surface area (Å²) in [5.74, 6) is -4.19. The van der Waals surface area contributed by atoms with Gasteiger partial charge >= 0.3 is 13.1 Å². The molecule has 1 aliphatic carbocycles. The summed E-state index contributed by atoms with van der Waals surface area (Å²) in [5, 5.41) is 29.0. The fourth-order valence-corrected chi connectivity index (χ4v) is 5.50. The van der Waals surface area contributed by atoms with E-state index in [1.165, 1.54) is 17.0 Å². The Kier molecular flexibility index (Phi) is 6.58. The van der Waals surface area contributed by atoms with Gasteiger partial charge in [0.2, 0.25) is 11.8 Å². The molecule has 10 heteroatoms. The highest BCUT2D eigenvalue weighted by molar-refractivity contribution is 6.53. The molecule has 8 nitrogen and oxygen atoms in total. The maximum absolute atomic E-state index is 13.9. The Morgan fingerprint density at radius 2 is 1.97 bits per heavy atom. The molecule has 2 heterocycles. The van der Waals surface area contributed by atoms with Crippen molar-refractivity contribution in [1.82, 2.24) is 4.90 Å². The van der Waals surface area contributed by atoms with Gasteiger partial charge in [0.05, 0.1) is 17.9 Å². The number of phenolic OH excluding ortho intramolecular Hbond substituents is 1. The molecule has 0 spiro atoms. The van der Waals surface area contributed by atoms with Crippen LogP contribution in [0.4, 0.5) is 4.39 Å². The van der Waals surface area contributed by atoms with Crippen LogP contribution in [0.1, 0.15) is 57.1 Å². The summed E-state index contributed by atoms with van der Waals surface area (Å²) in [4.78, 5) is 38.3. The fourth-order valence-electron chi connectivity index (χ4n) is 5.50. The standard InChI is InChI=1S/C23H27BFNO7/c1-12-9-15-20(23(31)26(22(15)30)8-4-2-3-5-19(28)29)14-11-18(33-24(32)21(12)14)13-6-7-17(27)16(25)10-13/h6-7,10,14-15,18,20,27,32H,2-5,8-9,11H2,1H3,(H,28,29)/t14-,15-,18-,20+/m0/s1. The Bertz CT molecular complexity index is 1010. The number of hydrogen-bond donors (Lipinski definition) is 3. The normalized spacial score (nSPS) is 27.1. The SMILES string of the molecule is CC1=C2B(O)O[C@H](c3ccc(O)c(F)c3)C[C@H]2[C@H]2C(=O)N(CCCCCC(=O)O)C(=O)[C@H]2C1. The molecule has 0 aromatic heterocycles. The van der Waals surface area contributed by atoms with Crippen molar-refractivity contribution in [3.8, 4) is 5.75 Å². The lowest BCUT2D eigenvalue weighted by molar-refractivity contribution is -0.141. The molecule has 0 radical (unpaired) electrons. The van der Waals surface area contributed by atoms with Gasteiger partial charge in [-0.1, -0.05) is 18.1 Å². The van der Waals surface area contributed by atoms with Crippen LogP contribution in [-0.2, 0) is 19.0 Å². The minimum Gasteiger partial charge on any atom is -0.505 e. The lowest BCUT2D eigenvalue weighted by Gasteiger charge is -2.41. The van der Waals surface area contributed by atoms with E-state index in [-0.39, 0.29) is 24.8 Å². The van der Waals surface area contributed by atoms with Crippen molar-refractivity contribution in [2.45, 2.75) is 51.6 Å². The monoisotopic (exact) mass is 459 g/mol. The molecule has 33 heavy (non-hydrogen) atoms. The van der Waals surface area contributed by atoms with Crippen LogP contribution in [0.3, 0.4) is 0 Å². The number of likely N-dealkylation sites (tertiary alicyclic amines) is 1. The number of carbonyl (C=O) groups excluding carboxylic acids is 2. The molecule has 0 bridgehead atoms. The molecule has 4 rings (SSSR count). The van der Waals surface area contributed by atoms with Crippen LogP contribution in [0, 0.1) is 23.6 Å². The third-order valence-corrected chi connectivity index (χ3v) is 7.06. The van der Waals surface area contributed by atoms with E-state index < -0.39 is 48.5 Å². The molecule has 176 valence electrons. The second kappa shape index (κ2) is 9.27. The molecular formula is C23H27BFNO7. The van der Waals surface area contributed by atoms with E-state index in [9.17, 15) is 28.9 Å². The number of benzene rings is 1. The quantitative estimate of drug-likeness (QED) is 0.325. The second-order valence-electron chi connectivity index (χ2n) is 9.13. The maximum Gasteiger partial charge on any atom is 0.487 e. The number of carboxylic acid groups (broad SMARTS) is 1. The number of amides is 2. The molecule has 1 aromatic carbocycles. The summed E-state index contributed by atoms with van der Waals surface area (Å²) < 4.78 is 19.7. The van der Waals surface area contributed by atoms with Crippen molar-refractivity contribution in [2.75, 3.05) is 6.54 Å². The minimum atomic E-state index is -1.26. The first-order chi connectivity index (χ1) is 15.7. The largest absolute Gasteiger partial charge is 0.505 e. The molecule has 1 aromatic rings. The summed E-state index contributed by atoms with van der Waals surface area (Å²) >= 11 is 0. The van der Waals surface area contributed by atoms with Crippen molar-refractivity contribution in [2.24, 2.45) is 17.8 Å². The number of hydrogen-bond acceptors (Lipinski definition) is 6. The third-order valence-electron chi connectivity index (χ3n) is 7.06. The van der Waals surface area contributed by atoms with E-state index in [4.69, 9.17) is 9.76 Å². The van der Waals surface area contributed by atoms with E-state index in [0.29, 0.717) is 43.1 Å². The number of carboxylic acids is 1. The van der Waals surface area contributed by atoms with Gasteiger partial charge in [-0.05, 0) is 61.7 Å². The predicted molar refractivity (Wildman–Crippen MR) is 115 cm³/mol. The maximum atomic E-state index is 13.9. The summed E-state index contributed by atoms with van der Waals surface area (Å²) in [7, 11) is -1.26. The van der Waals surface area contributed by atoms with Gasteiger partial charge < -0.3 is 19.9 Å². The Morgan fingerprint density at radius 1 is 1.21 bits per heavy atom. The molecule has 3 N–H and O–H groups in total. The molecule has 2 saturated heterocycles. The van der Waals surface area contributed by atoms with Crippen LogP contribution < -0.4 is 0 Å². The molecule has 2 fully saturated rings. The number of carbonyl (C=O) groups is 3. The number of nitrogens with zero attached hydrogens (tertiary/aromatic N) is 1. The van der Waals surface area contributed by atoms with Crippen molar-refractivity contribution < 1.29 is 38.7 Å². The Balaban J connectivity index is 1.53. The van der Waals surface area contributed by atoms with Gasteiger partial charge in [0.1, 0.15) is 0 Å². The van der Waals surface area contributed by atoms with E-state index in [0.717, 1.165) is 11.6 Å². The van der Waals surface area contributed by atoms with Gasteiger partial charge in [-0.25, -0.2) is 4.39 Å². The highest BCUT2D eigenvalue weighted by Gasteiger charge is 2.57. The highest BCUT2D eigenvalue weighted by atomic mass is 19.1. The Labute approximate surface area is 191 Å². The van der Waals surface area contributed by atoms with Gasteiger partial charge in [-0.3, -0.25) is 19.3 Å². The van der Waals surface area contributed by atoms with Crippen LogP contribution in [0.2, 0.25) is 0 Å². The molecule has 0 saturated carbocycles. The molecule has 0 unspecified atom stereocenters. The topological polar surface area (TPSA) is 124 Å². The number of aliphatic carboxylic acids is 1. The zero-order valence-electron chi connectivity index (χ0n) is 18.4. The average molecular weight is 459 g/mol. The summed E-state index contributed by atoms with van der Waals surface area (Å²) in [6, 6.07) is 3.89. The van der Waals surface area contributed by atoms with Gasteiger partial charge in [-0.15, -0.1) is 0 Å². The van der Waals surface area contributed by atoms with E-state index in [2.05, 4.69) is 0 Å². The predicted octanol–water partition coefficient (Wildman–Crippen LogP) is 2.60. The van der Waals surface area contributed by atoms with E-state index in [1.54, 1.807) is 0 Å². The van der Waals surface area contributed by atoms with Gasteiger partial charge in [0, 0.05) is 13.0 Å². The Hall–Kier alpha value is -2.72. The fraction of sp³-hybridized carbons (Fsp3) is 0.522. The minimum absolute atomic E-state index is 0.0544. The van der Waals surface area contributed by atoms with Gasteiger partial charge in [0.15, 0.2) is 11.6 Å². The van der Waals surface area contributed by atoms with Crippen LogP contribution in [0.25, 0.3) is 0 Å². The van der Waals surface area contributed by atoms with E-state index >= 15 is 0 Å². The number of rotatable bonds is 7. The molecular weight excluding hydrogens is 432 g/mol. The Morgan fingerprint density at radius 3 is 2.67 bits per heavy atom. The van der Waals surface area contributed by atoms with Crippen LogP contribution >= 0.6 is 0 Å². The van der Waals surface area contributed by atoms with Crippen LogP contribution in [0.15, 0.2) is 29.2 Å². The zero-order valence-corrected chi connectivity index (χ0v) is 18.4. The third kappa shape index (κ3) is 4.41. The van der Waals surface area contributed by atoms with Gasteiger partial charge in [-0.2, -0.15) is 0 Å². The smallest absolute Gasteiger partial charge is 0.487 e. The number of imide groups is 1. The lowest BCUT2D eigenvalue weighted by atomic mass is 9.55. The first-order valence-electron chi connectivity index (χ1n) is 11.3. The van der Waals surface area contributed by atoms with E-state index in [1.807, 2.05) is 6.92 Å². The number of phenols is 1. The number of unbranched alkanes of at least 4 members (excludes halogenated alkanes) is 2. The molecule has 2 aliphatic heterocycles. The average Bonchev–Trinajstić information content (AvgIpc) is 2.99. The first-order valence-corrected chi connectivity index (χ1v) is 11.3. The number of halogens is 1. The van der Waals surface area contributed by atoms with Crippen molar-refractivity contribution in [1.29, 1.82) is 0 Å². The van der Waals surface area contributed by atoms with Crippen molar-refractivity contribution >= 4 is 24.9 Å². The molecule has 3 aliphatic rings.